The molecule has 25 heavy (non-hydrogen) atoms. The number of halogens is 1. The van der Waals surface area contributed by atoms with E-state index in [0.717, 1.165) is 17.8 Å². The molecule has 0 unspecified atom stereocenters. The molecule has 1 aromatic carbocycles. The summed E-state index contributed by atoms with van der Waals surface area (Å²) < 4.78 is 15.6. The van der Waals surface area contributed by atoms with Gasteiger partial charge in [-0.2, -0.15) is 0 Å². The Labute approximate surface area is 146 Å². The van der Waals surface area contributed by atoms with Crippen LogP contribution in [0.1, 0.15) is 35.7 Å². The first-order chi connectivity index (χ1) is 11.9. The number of nitrogens with one attached hydrogen (secondary N) is 1. The number of aromatic nitrogens is 3. The molecule has 7 heteroatoms. The second-order valence-electron chi connectivity index (χ2n) is 6.87. The molecule has 2 N–H and O–H groups in total. The van der Waals surface area contributed by atoms with Crippen molar-refractivity contribution in [1.82, 2.24) is 20.1 Å². The molecular weight excluding hydrogens is 323 g/mol. The molecule has 134 valence electrons. The first-order valence-electron chi connectivity index (χ1n) is 8.47. The highest BCUT2D eigenvalue weighted by molar-refractivity contribution is 5.78. The number of aryl methyl sites for hydroxylation is 2. The van der Waals surface area contributed by atoms with Crippen molar-refractivity contribution >= 4 is 5.91 Å². The normalized spacial score (nSPS) is 23.0. The van der Waals surface area contributed by atoms with Gasteiger partial charge in [0.05, 0.1) is 12.5 Å². The number of hydrogen-bond acceptors (Lipinski definition) is 4. The van der Waals surface area contributed by atoms with Gasteiger partial charge < -0.3 is 15.0 Å². The number of rotatable bonds is 5. The van der Waals surface area contributed by atoms with Gasteiger partial charge in [-0.05, 0) is 31.4 Å². The monoisotopic (exact) mass is 346 g/mol. The van der Waals surface area contributed by atoms with Gasteiger partial charge in [0, 0.05) is 25.4 Å². The van der Waals surface area contributed by atoms with E-state index in [1.165, 1.54) is 6.07 Å². The highest BCUT2D eigenvalue weighted by atomic mass is 19.1. The molecule has 1 saturated carbocycles. The Kier molecular flexibility index (Phi) is 5.13. The van der Waals surface area contributed by atoms with E-state index in [1.807, 2.05) is 18.5 Å². The number of hydrogen-bond donors (Lipinski definition) is 2. The number of carbonyl (C=O) groups is 1. The second kappa shape index (κ2) is 7.31. The first kappa shape index (κ1) is 17.5. The summed E-state index contributed by atoms with van der Waals surface area (Å²) in [7, 11) is 1.88. The fraction of sp³-hybridized carbons (Fsp3) is 0.500. The fourth-order valence-corrected chi connectivity index (χ4v) is 3.51. The van der Waals surface area contributed by atoms with Crippen molar-refractivity contribution in [2.45, 2.75) is 38.2 Å². The summed E-state index contributed by atoms with van der Waals surface area (Å²) in [5.74, 6) is 0.351. The molecule has 1 amide bonds. The van der Waals surface area contributed by atoms with Gasteiger partial charge in [-0.15, -0.1) is 10.2 Å². The largest absolute Gasteiger partial charge is 0.393 e. The van der Waals surface area contributed by atoms with E-state index in [4.69, 9.17) is 0 Å². The van der Waals surface area contributed by atoms with E-state index in [-0.39, 0.29) is 30.0 Å². The van der Waals surface area contributed by atoms with Crippen LogP contribution in [0, 0.1) is 18.7 Å². The van der Waals surface area contributed by atoms with Crippen molar-refractivity contribution in [1.29, 1.82) is 0 Å². The topological polar surface area (TPSA) is 80.0 Å². The van der Waals surface area contributed by atoms with Crippen LogP contribution in [0.2, 0.25) is 0 Å². The minimum Gasteiger partial charge on any atom is -0.393 e. The predicted octanol–water partition coefficient (Wildman–Crippen LogP) is 1.48. The lowest BCUT2D eigenvalue weighted by molar-refractivity contribution is -0.120. The van der Waals surface area contributed by atoms with Crippen LogP contribution in [0.5, 0.6) is 0 Å². The molecule has 3 atom stereocenters. The smallest absolute Gasteiger partial charge is 0.224 e. The van der Waals surface area contributed by atoms with E-state index in [2.05, 4.69) is 15.5 Å². The lowest BCUT2D eigenvalue weighted by Crippen LogP contribution is -2.33. The van der Waals surface area contributed by atoms with Crippen LogP contribution >= 0.6 is 0 Å². The molecule has 0 saturated heterocycles. The van der Waals surface area contributed by atoms with E-state index in [9.17, 15) is 14.3 Å². The highest BCUT2D eigenvalue weighted by Gasteiger charge is 2.35. The zero-order chi connectivity index (χ0) is 18.0. The fourth-order valence-electron chi connectivity index (χ4n) is 3.51. The molecule has 1 aromatic heterocycles. The molecule has 0 radical (unpaired) electrons. The minimum atomic E-state index is -0.488. The zero-order valence-corrected chi connectivity index (χ0v) is 14.4. The van der Waals surface area contributed by atoms with Crippen molar-refractivity contribution < 1.29 is 14.3 Å². The Morgan fingerprint density at radius 2 is 2.24 bits per heavy atom. The minimum absolute atomic E-state index is 0.00302. The summed E-state index contributed by atoms with van der Waals surface area (Å²) in [6.07, 6.45) is 2.51. The maximum absolute atomic E-state index is 13.7. The van der Waals surface area contributed by atoms with Crippen LogP contribution in [0.4, 0.5) is 4.39 Å². The number of benzene rings is 1. The Bertz CT molecular complexity index is 761. The Morgan fingerprint density at radius 1 is 1.44 bits per heavy atom. The van der Waals surface area contributed by atoms with Crippen LogP contribution in [0.3, 0.4) is 0 Å². The SMILES string of the molecule is Cc1ccc(F)c(CC(=O)NC[C@H]2C[C@H](c3nncn3C)C[C@H]2O)c1. The molecule has 1 heterocycles. The molecule has 3 rings (SSSR count). The van der Waals surface area contributed by atoms with Gasteiger partial charge in [0.25, 0.3) is 0 Å². The van der Waals surface area contributed by atoms with Gasteiger partial charge in [0.15, 0.2) is 0 Å². The average Bonchev–Trinajstić information content (AvgIpc) is 3.14. The molecule has 0 bridgehead atoms. The second-order valence-corrected chi connectivity index (χ2v) is 6.87. The van der Waals surface area contributed by atoms with Crippen LogP contribution in [0.25, 0.3) is 0 Å². The molecule has 0 aliphatic heterocycles. The number of nitrogens with zero attached hydrogens (tertiary/aromatic N) is 3. The Balaban J connectivity index is 1.54. The third-order valence-electron chi connectivity index (χ3n) is 4.88. The van der Waals surface area contributed by atoms with Gasteiger partial charge in [-0.1, -0.05) is 17.7 Å². The van der Waals surface area contributed by atoms with E-state index >= 15 is 0 Å². The summed E-state index contributed by atoms with van der Waals surface area (Å²) in [4.78, 5) is 12.1. The third-order valence-corrected chi connectivity index (χ3v) is 4.88. The van der Waals surface area contributed by atoms with E-state index in [1.54, 1.807) is 18.5 Å². The maximum Gasteiger partial charge on any atom is 0.224 e. The molecule has 1 aliphatic rings. The maximum atomic E-state index is 13.7. The van der Waals surface area contributed by atoms with Gasteiger partial charge in [-0.3, -0.25) is 4.79 Å². The number of aliphatic hydroxyl groups is 1. The molecule has 1 aliphatic carbocycles. The van der Waals surface area contributed by atoms with Crippen LogP contribution in [-0.2, 0) is 18.3 Å². The zero-order valence-electron chi connectivity index (χ0n) is 14.4. The number of aliphatic hydroxyl groups excluding tert-OH is 1. The Morgan fingerprint density at radius 3 is 2.96 bits per heavy atom. The van der Waals surface area contributed by atoms with Crippen molar-refractivity contribution in [3.63, 3.8) is 0 Å². The van der Waals surface area contributed by atoms with E-state index in [0.29, 0.717) is 18.5 Å². The highest BCUT2D eigenvalue weighted by Crippen LogP contribution is 2.37. The lowest BCUT2D eigenvalue weighted by atomic mass is 10.0. The van der Waals surface area contributed by atoms with Crippen molar-refractivity contribution in [2.24, 2.45) is 13.0 Å². The van der Waals surface area contributed by atoms with Gasteiger partial charge in [0.1, 0.15) is 18.0 Å². The van der Waals surface area contributed by atoms with Gasteiger partial charge in [0.2, 0.25) is 5.91 Å². The number of carbonyl (C=O) groups excluding carboxylic acids is 1. The van der Waals surface area contributed by atoms with Crippen LogP contribution < -0.4 is 5.32 Å². The lowest BCUT2D eigenvalue weighted by Gasteiger charge is -2.15. The van der Waals surface area contributed by atoms with E-state index < -0.39 is 6.10 Å². The molecule has 0 spiro atoms. The number of amides is 1. The third kappa shape index (κ3) is 4.04. The van der Waals surface area contributed by atoms with Gasteiger partial charge in [-0.25, -0.2) is 4.39 Å². The molecule has 1 fully saturated rings. The molecule has 2 aromatic rings. The first-order valence-corrected chi connectivity index (χ1v) is 8.47. The van der Waals surface area contributed by atoms with Crippen molar-refractivity contribution in [2.75, 3.05) is 6.54 Å². The molecule has 6 nitrogen and oxygen atoms in total. The van der Waals surface area contributed by atoms with Gasteiger partial charge >= 0.3 is 0 Å². The quantitative estimate of drug-likeness (QED) is 0.859. The van der Waals surface area contributed by atoms with Crippen LogP contribution in [0.15, 0.2) is 24.5 Å². The summed E-state index contributed by atoms with van der Waals surface area (Å²) in [5.41, 5.74) is 1.31. The standard InChI is InChI=1S/C18H23FN4O2/c1-11-3-4-15(19)12(5-11)8-17(25)20-9-14-6-13(7-16(14)24)18-22-21-10-23(18)2/h3-5,10,13-14,16,24H,6-9H2,1-2H3,(H,20,25)/t13-,14+,16+/m0/s1. The van der Waals surface area contributed by atoms with Crippen LogP contribution in [-0.4, -0.2) is 38.4 Å². The Hall–Kier alpha value is -2.28. The summed E-state index contributed by atoms with van der Waals surface area (Å²) in [6.45, 7) is 2.24. The summed E-state index contributed by atoms with van der Waals surface area (Å²) in [5, 5.41) is 21.1. The predicted molar refractivity (Wildman–Crippen MR) is 90.3 cm³/mol. The van der Waals surface area contributed by atoms with Crippen molar-refractivity contribution in [3.8, 4) is 0 Å². The van der Waals surface area contributed by atoms with Crippen molar-refractivity contribution in [3.05, 3.63) is 47.3 Å². The summed E-state index contributed by atoms with van der Waals surface area (Å²) in [6, 6.07) is 4.74. The molecular formula is C18H23FN4O2. The average molecular weight is 346 g/mol. The summed E-state index contributed by atoms with van der Waals surface area (Å²) >= 11 is 0.